The maximum absolute atomic E-state index is 12.0. The van der Waals surface area contributed by atoms with E-state index in [4.69, 9.17) is 21.3 Å². The van der Waals surface area contributed by atoms with Gasteiger partial charge in [-0.3, -0.25) is 0 Å². The number of hydrogen-bond acceptors (Lipinski definition) is 6. The Kier molecular flexibility index (Phi) is 9.73. The Labute approximate surface area is 180 Å². The number of carbonyl (C=O) groups excluding carboxylic acids is 1. The monoisotopic (exact) mass is 418 g/mol. The molecule has 2 rings (SSSR count). The van der Waals surface area contributed by atoms with E-state index in [2.05, 4.69) is 24.5 Å². The summed E-state index contributed by atoms with van der Waals surface area (Å²) in [5.41, 5.74) is 8.93. The summed E-state index contributed by atoms with van der Waals surface area (Å²) < 4.78 is 6.23. The van der Waals surface area contributed by atoms with Gasteiger partial charge in [-0.05, 0) is 50.7 Å². The molecule has 0 saturated heterocycles. The van der Waals surface area contributed by atoms with Crippen LogP contribution in [0.3, 0.4) is 0 Å². The van der Waals surface area contributed by atoms with E-state index < -0.39 is 0 Å². The van der Waals surface area contributed by atoms with E-state index in [9.17, 15) is 4.79 Å². The van der Waals surface area contributed by atoms with Crippen LogP contribution in [0.2, 0.25) is 0 Å². The Balaban J connectivity index is 2.12. The lowest BCUT2D eigenvalue weighted by Crippen LogP contribution is -2.41. The molecule has 0 radical (unpaired) electrons. The van der Waals surface area contributed by atoms with E-state index in [0.29, 0.717) is 23.6 Å². The first-order valence-electron chi connectivity index (χ1n) is 11.1. The minimum atomic E-state index is -0.242. The number of nitrogens with zero attached hydrogens (tertiary/aromatic N) is 2. The van der Waals surface area contributed by atoms with Crippen molar-refractivity contribution in [1.29, 1.82) is 0 Å². The lowest BCUT2D eigenvalue weighted by molar-refractivity contribution is 0.153. The molecule has 8 heteroatoms. The van der Waals surface area contributed by atoms with Gasteiger partial charge in [0.2, 0.25) is 0 Å². The fraction of sp³-hybridized carbons (Fsp3) is 0.636. The molecular weight excluding hydrogens is 380 g/mol. The van der Waals surface area contributed by atoms with Crippen molar-refractivity contribution in [2.24, 2.45) is 11.6 Å². The standard InChI is InChI=1S/C22H38N6O2/c1-4-6-14-25-22(29)26-15-19(28(3)24)21(23)18-12-13-20(17(5-2)27-18)30-16-10-8-7-9-11-16/h12-13,16H,4-11,14-15,23-24H2,1-3H3,(H2,25,26,29)/b21-19-. The van der Waals surface area contributed by atoms with E-state index in [1.807, 2.05) is 12.1 Å². The van der Waals surface area contributed by atoms with Gasteiger partial charge in [0, 0.05) is 13.6 Å². The average Bonchev–Trinajstić information content (AvgIpc) is 2.74. The Morgan fingerprint density at radius 3 is 2.60 bits per heavy atom. The first-order chi connectivity index (χ1) is 14.5. The van der Waals surface area contributed by atoms with Gasteiger partial charge in [0.15, 0.2) is 0 Å². The molecule has 1 fully saturated rings. The number of pyridine rings is 1. The van der Waals surface area contributed by atoms with Crippen molar-refractivity contribution in [3.05, 3.63) is 29.2 Å². The first-order valence-corrected chi connectivity index (χ1v) is 11.1. The van der Waals surface area contributed by atoms with E-state index in [0.717, 1.165) is 43.5 Å². The number of unbranched alkanes of at least 4 members (excludes halogenated alkanes) is 1. The number of amides is 2. The maximum Gasteiger partial charge on any atom is 0.315 e. The molecule has 0 atom stereocenters. The van der Waals surface area contributed by atoms with Gasteiger partial charge in [-0.15, -0.1) is 0 Å². The number of hydrogen-bond donors (Lipinski definition) is 4. The lowest BCUT2D eigenvalue weighted by Gasteiger charge is -2.24. The van der Waals surface area contributed by atoms with Crippen LogP contribution in [-0.2, 0) is 6.42 Å². The van der Waals surface area contributed by atoms with E-state index >= 15 is 0 Å². The van der Waals surface area contributed by atoms with Crippen molar-refractivity contribution < 1.29 is 9.53 Å². The molecule has 2 amide bonds. The number of urea groups is 1. The van der Waals surface area contributed by atoms with Gasteiger partial charge >= 0.3 is 6.03 Å². The van der Waals surface area contributed by atoms with Crippen LogP contribution in [0.5, 0.6) is 5.75 Å². The third-order valence-electron chi connectivity index (χ3n) is 5.36. The number of carbonyl (C=O) groups is 1. The highest BCUT2D eigenvalue weighted by Gasteiger charge is 2.18. The van der Waals surface area contributed by atoms with Gasteiger partial charge in [0.05, 0.1) is 35.4 Å². The molecule has 30 heavy (non-hydrogen) atoms. The fourth-order valence-corrected chi connectivity index (χ4v) is 3.52. The Morgan fingerprint density at radius 1 is 1.23 bits per heavy atom. The van der Waals surface area contributed by atoms with Gasteiger partial charge < -0.3 is 26.1 Å². The first kappa shape index (κ1) is 23.8. The van der Waals surface area contributed by atoms with Crippen molar-refractivity contribution in [3.8, 4) is 5.75 Å². The number of aromatic nitrogens is 1. The zero-order chi connectivity index (χ0) is 21.9. The normalized spacial score (nSPS) is 15.3. The molecule has 0 spiro atoms. The Bertz CT molecular complexity index is 714. The number of nitrogens with one attached hydrogen (secondary N) is 2. The SMILES string of the molecule is CCCCNC(=O)NC/C(=C(/N)c1ccc(OC2CCCCC2)c(CC)n1)N(C)N. The summed E-state index contributed by atoms with van der Waals surface area (Å²) in [7, 11) is 1.69. The second-order valence-corrected chi connectivity index (χ2v) is 7.81. The molecule has 8 nitrogen and oxygen atoms in total. The minimum absolute atomic E-state index is 0.209. The van der Waals surface area contributed by atoms with Gasteiger partial charge in [-0.25, -0.2) is 15.6 Å². The van der Waals surface area contributed by atoms with Crippen LogP contribution in [-0.4, -0.2) is 42.3 Å². The van der Waals surface area contributed by atoms with Crippen molar-refractivity contribution in [2.45, 2.75) is 71.3 Å². The summed E-state index contributed by atoms with van der Waals surface area (Å²) in [5.74, 6) is 6.81. The zero-order valence-corrected chi connectivity index (χ0v) is 18.7. The molecule has 0 aliphatic heterocycles. The number of aryl methyl sites for hydroxylation is 1. The zero-order valence-electron chi connectivity index (χ0n) is 18.7. The third kappa shape index (κ3) is 7.09. The number of hydrazine groups is 1. The van der Waals surface area contributed by atoms with E-state index in [1.54, 1.807) is 7.05 Å². The third-order valence-corrected chi connectivity index (χ3v) is 5.36. The van der Waals surface area contributed by atoms with Crippen LogP contribution in [0.4, 0.5) is 4.79 Å². The predicted octanol–water partition coefficient (Wildman–Crippen LogP) is 2.89. The van der Waals surface area contributed by atoms with Crippen LogP contribution in [0.25, 0.3) is 5.70 Å². The molecule has 0 aromatic carbocycles. The summed E-state index contributed by atoms with van der Waals surface area (Å²) in [6.45, 7) is 4.98. The molecule has 0 bridgehead atoms. The Morgan fingerprint density at radius 2 is 1.97 bits per heavy atom. The van der Waals surface area contributed by atoms with Gasteiger partial charge in [-0.2, -0.15) is 0 Å². The summed E-state index contributed by atoms with van der Waals surface area (Å²) >= 11 is 0. The molecule has 1 aromatic heterocycles. The molecule has 1 aliphatic carbocycles. The molecular formula is C22H38N6O2. The fourth-order valence-electron chi connectivity index (χ4n) is 3.52. The summed E-state index contributed by atoms with van der Waals surface area (Å²) in [4.78, 5) is 16.7. The summed E-state index contributed by atoms with van der Waals surface area (Å²) in [6, 6.07) is 3.56. The molecule has 168 valence electrons. The van der Waals surface area contributed by atoms with Gasteiger partial charge in [-0.1, -0.05) is 26.7 Å². The topological polar surface area (TPSA) is 119 Å². The lowest BCUT2D eigenvalue weighted by atomic mass is 9.98. The predicted molar refractivity (Wildman–Crippen MR) is 120 cm³/mol. The highest BCUT2D eigenvalue weighted by Crippen LogP contribution is 2.27. The molecule has 1 saturated carbocycles. The van der Waals surface area contributed by atoms with Crippen molar-refractivity contribution in [3.63, 3.8) is 0 Å². The van der Waals surface area contributed by atoms with Crippen LogP contribution in [0, 0.1) is 0 Å². The number of nitrogens with two attached hydrogens (primary N) is 2. The Hall–Kier alpha value is -2.48. The van der Waals surface area contributed by atoms with Crippen molar-refractivity contribution >= 4 is 11.7 Å². The number of rotatable bonds is 10. The highest BCUT2D eigenvalue weighted by atomic mass is 16.5. The largest absolute Gasteiger partial charge is 0.489 e. The summed E-state index contributed by atoms with van der Waals surface area (Å²) in [5, 5.41) is 7.04. The second kappa shape index (κ2) is 12.3. The quantitative estimate of drug-likeness (QED) is 0.264. The maximum atomic E-state index is 12.0. The van der Waals surface area contributed by atoms with Crippen LogP contribution < -0.4 is 26.9 Å². The van der Waals surface area contributed by atoms with E-state index in [-0.39, 0.29) is 18.7 Å². The summed E-state index contributed by atoms with van der Waals surface area (Å²) in [6.07, 6.45) is 8.91. The highest BCUT2D eigenvalue weighted by molar-refractivity contribution is 5.74. The minimum Gasteiger partial charge on any atom is -0.489 e. The van der Waals surface area contributed by atoms with Crippen LogP contribution >= 0.6 is 0 Å². The molecule has 0 unspecified atom stereocenters. The molecule has 1 aromatic rings. The van der Waals surface area contributed by atoms with Gasteiger partial charge in [0.1, 0.15) is 5.75 Å². The van der Waals surface area contributed by atoms with Crippen LogP contribution in [0.1, 0.15) is 70.2 Å². The molecule has 1 heterocycles. The molecule has 6 N–H and O–H groups in total. The average molecular weight is 419 g/mol. The van der Waals surface area contributed by atoms with Gasteiger partial charge in [0.25, 0.3) is 0 Å². The van der Waals surface area contributed by atoms with Crippen molar-refractivity contribution in [2.75, 3.05) is 20.1 Å². The van der Waals surface area contributed by atoms with Crippen LogP contribution in [0.15, 0.2) is 17.8 Å². The number of ether oxygens (including phenoxy) is 1. The van der Waals surface area contributed by atoms with Crippen molar-refractivity contribution in [1.82, 2.24) is 20.6 Å². The van der Waals surface area contributed by atoms with E-state index in [1.165, 1.54) is 24.3 Å². The number of likely N-dealkylation sites (N-methyl/N-ethyl adjacent to an activating group) is 1. The smallest absolute Gasteiger partial charge is 0.315 e. The second-order valence-electron chi connectivity index (χ2n) is 7.81. The molecule has 1 aliphatic rings.